The van der Waals surface area contributed by atoms with E-state index in [-0.39, 0.29) is 5.82 Å². The Bertz CT molecular complexity index is 1150. The number of anilines is 2. The number of H-pyrrole nitrogens is 1. The first-order valence-electron chi connectivity index (χ1n) is 8.89. The number of nitrogens with zero attached hydrogens (tertiary/aromatic N) is 4. The zero-order valence-corrected chi connectivity index (χ0v) is 15.5. The molecule has 4 N–H and O–H groups in total. The highest BCUT2D eigenvalue weighted by molar-refractivity contribution is 5.73. The van der Waals surface area contributed by atoms with Crippen LogP contribution < -0.4 is 11.1 Å². The van der Waals surface area contributed by atoms with Crippen LogP contribution in [-0.4, -0.2) is 31.3 Å². The van der Waals surface area contributed by atoms with Crippen LogP contribution in [0.5, 0.6) is 0 Å². The fourth-order valence-electron chi connectivity index (χ4n) is 2.97. The summed E-state index contributed by atoms with van der Waals surface area (Å²) in [6.45, 7) is 2.22. The van der Waals surface area contributed by atoms with Crippen molar-refractivity contribution in [1.82, 2.24) is 24.8 Å². The van der Waals surface area contributed by atoms with Crippen LogP contribution in [0.25, 0.3) is 5.52 Å². The third-order valence-corrected chi connectivity index (χ3v) is 4.39. The predicted octanol–water partition coefficient (Wildman–Crippen LogP) is 3.28. The van der Waals surface area contributed by atoms with E-state index in [1.54, 1.807) is 18.3 Å². The van der Waals surface area contributed by atoms with Crippen LogP contribution in [0.1, 0.15) is 22.6 Å². The summed E-state index contributed by atoms with van der Waals surface area (Å²) in [5.41, 5.74) is 7.35. The minimum atomic E-state index is -3.53. The molecule has 0 fully saturated rings. The maximum Gasteiger partial charge on any atom is 0.333 e. The Labute approximate surface area is 163 Å². The normalized spacial score (nSPS) is 11.9. The van der Waals surface area contributed by atoms with Gasteiger partial charge in [0.1, 0.15) is 11.3 Å². The van der Waals surface area contributed by atoms with Crippen molar-refractivity contribution < 1.29 is 13.2 Å². The fourth-order valence-corrected chi connectivity index (χ4v) is 2.97. The molecular weight excluding hydrogens is 383 g/mol. The van der Waals surface area contributed by atoms with Gasteiger partial charge in [-0.05, 0) is 55.8 Å². The molecule has 0 saturated heterocycles. The Kier molecular flexibility index (Phi) is 4.71. The average Bonchev–Trinajstić information content (AvgIpc) is 3.28. The second-order valence-corrected chi connectivity index (χ2v) is 6.64. The van der Waals surface area contributed by atoms with Crippen molar-refractivity contribution in [2.45, 2.75) is 19.3 Å². The van der Waals surface area contributed by atoms with Crippen LogP contribution in [0.15, 0.2) is 42.6 Å². The zero-order valence-electron chi connectivity index (χ0n) is 15.5. The number of aromatic nitrogens is 5. The Hall–Kier alpha value is -3.40. The van der Waals surface area contributed by atoms with Crippen molar-refractivity contribution in [1.29, 1.82) is 0 Å². The van der Waals surface area contributed by atoms with Gasteiger partial charge in [-0.3, -0.25) is 5.10 Å². The van der Waals surface area contributed by atoms with Crippen molar-refractivity contribution in [3.05, 3.63) is 71.1 Å². The molecule has 0 saturated carbocycles. The number of halogens is 3. The van der Waals surface area contributed by atoms with Crippen molar-refractivity contribution in [3.63, 3.8) is 0 Å². The monoisotopic (exact) mass is 401 g/mol. The highest BCUT2D eigenvalue weighted by Crippen LogP contribution is 2.35. The summed E-state index contributed by atoms with van der Waals surface area (Å²) in [6, 6.07) is 7.49. The van der Waals surface area contributed by atoms with Crippen LogP contribution in [0, 0.1) is 12.7 Å². The molecule has 10 heteroatoms. The number of alkyl halides is 2. The van der Waals surface area contributed by atoms with Gasteiger partial charge in [-0.1, -0.05) is 0 Å². The Morgan fingerprint density at radius 2 is 1.97 bits per heavy atom. The highest BCUT2D eigenvalue weighted by Gasteiger charge is 2.39. The number of benzene rings is 1. The lowest BCUT2D eigenvalue weighted by atomic mass is 10.1. The number of rotatable bonds is 6. The molecule has 0 aliphatic heterocycles. The van der Waals surface area contributed by atoms with Gasteiger partial charge >= 0.3 is 5.92 Å². The minimum Gasteiger partial charge on any atom is -0.330 e. The molecule has 3 aromatic heterocycles. The van der Waals surface area contributed by atoms with Crippen LogP contribution in [0.3, 0.4) is 0 Å². The smallest absolute Gasteiger partial charge is 0.330 e. The van der Waals surface area contributed by atoms with E-state index in [1.165, 1.54) is 4.52 Å². The summed E-state index contributed by atoms with van der Waals surface area (Å²) in [5, 5.41) is 13.8. The SMILES string of the molecule is Cc1cc(Nc2nc(C(F)(F)c3ccc(F)cc3)nn3cc(CCN)cc23)n[nH]1. The second kappa shape index (κ2) is 7.21. The Balaban J connectivity index is 1.84. The molecular formula is C19H18F3N7. The number of fused-ring (bicyclic) bond motifs is 1. The van der Waals surface area contributed by atoms with Crippen molar-refractivity contribution in [2.75, 3.05) is 11.9 Å². The fraction of sp³-hybridized carbons (Fsp3) is 0.211. The van der Waals surface area contributed by atoms with Gasteiger partial charge in [-0.25, -0.2) is 13.9 Å². The summed E-state index contributed by atoms with van der Waals surface area (Å²) in [6.07, 6.45) is 2.20. The Morgan fingerprint density at radius 3 is 2.62 bits per heavy atom. The molecule has 4 aromatic rings. The molecule has 29 heavy (non-hydrogen) atoms. The summed E-state index contributed by atoms with van der Waals surface area (Å²) in [4.78, 5) is 4.08. The minimum absolute atomic E-state index is 0.173. The van der Waals surface area contributed by atoms with Crippen LogP contribution in [0.2, 0.25) is 0 Å². The number of nitrogens with two attached hydrogens (primary N) is 1. The van der Waals surface area contributed by atoms with E-state index in [1.807, 2.05) is 6.92 Å². The molecule has 0 amide bonds. The molecule has 4 rings (SSSR count). The third-order valence-electron chi connectivity index (χ3n) is 4.39. The van der Waals surface area contributed by atoms with E-state index in [9.17, 15) is 4.39 Å². The number of hydrogen-bond acceptors (Lipinski definition) is 5. The number of hydrogen-bond donors (Lipinski definition) is 3. The third kappa shape index (κ3) is 3.66. The van der Waals surface area contributed by atoms with E-state index in [2.05, 4.69) is 25.6 Å². The standard InChI is InChI=1S/C19H18F3N7/c1-11-8-16(27-26-11)24-17-15-9-12(6-7-23)10-29(15)28-18(25-17)19(21,22)13-2-4-14(20)5-3-13/h2-5,8-10H,6-7,23H2,1H3,(H2,24,25,26,27,28). The van der Waals surface area contributed by atoms with Crippen molar-refractivity contribution in [2.24, 2.45) is 5.73 Å². The Morgan fingerprint density at radius 1 is 1.21 bits per heavy atom. The molecule has 0 aliphatic rings. The van der Waals surface area contributed by atoms with E-state index in [0.29, 0.717) is 24.3 Å². The predicted molar refractivity (Wildman–Crippen MR) is 102 cm³/mol. The van der Waals surface area contributed by atoms with E-state index >= 15 is 8.78 Å². The van der Waals surface area contributed by atoms with Gasteiger partial charge in [0, 0.05) is 23.5 Å². The van der Waals surface area contributed by atoms with Crippen LogP contribution in [0.4, 0.5) is 24.8 Å². The number of nitrogens with one attached hydrogen (secondary N) is 2. The van der Waals surface area contributed by atoms with E-state index < -0.39 is 23.1 Å². The number of aryl methyl sites for hydroxylation is 1. The van der Waals surface area contributed by atoms with Gasteiger partial charge in [-0.2, -0.15) is 13.9 Å². The van der Waals surface area contributed by atoms with E-state index in [0.717, 1.165) is 35.5 Å². The highest BCUT2D eigenvalue weighted by atomic mass is 19.3. The summed E-state index contributed by atoms with van der Waals surface area (Å²) in [5.74, 6) is -4.25. The second-order valence-electron chi connectivity index (χ2n) is 6.64. The van der Waals surface area contributed by atoms with Gasteiger partial charge in [0.25, 0.3) is 0 Å². The maximum absolute atomic E-state index is 15.1. The molecule has 0 aliphatic carbocycles. The van der Waals surface area contributed by atoms with Gasteiger partial charge in [0.05, 0.1) is 0 Å². The first-order chi connectivity index (χ1) is 13.9. The van der Waals surface area contributed by atoms with Gasteiger partial charge < -0.3 is 11.1 Å². The quantitative estimate of drug-likeness (QED) is 0.461. The lowest BCUT2D eigenvalue weighted by Gasteiger charge is -2.16. The molecule has 0 bridgehead atoms. The van der Waals surface area contributed by atoms with Crippen LogP contribution in [-0.2, 0) is 12.3 Å². The molecule has 0 spiro atoms. The first-order valence-corrected chi connectivity index (χ1v) is 8.89. The zero-order chi connectivity index (χ0) is 20.6. The molecule has 0 atom stereocenters. The summed E-state index contributed by atoms with van der Waals surface area (Å²) in [7, 11) is 0. The van der Waals surface area contributed by atoms with Gasteiger partial charge in [-0.15, -0.1) is 5.10 Å². The summed E-state index contributed by atoms with van der Waals surface area (Å²) >= 11 is 0. The van der Waals surface area contributed by atoms with Gasteiger partial charge in [0.2, 0.25) is 5.82 Å². The average molecular weight is 401 g/mol. The van der Waals surface area contributed by atoms with E-state index in [4.69, 9.17) is 5.73 Å². The summed E-state index contributed by atoms with van der Waals surface area (Å²) < 4.78 is 44.7. The molecule has 150 valence electrons. The molecule has 3 heterocycles. The van der Waals surface area contributed by atoms with Gasteiger partial charge in [0.15, 0.2) is 11.6 Å². The molecule has 0 unspecified atom stereocenters. The maximum atomic E-state index is 15.1. The lowest BCUT2D eigenvalue weighted by Crippen LogP contribution is -2.21. The molecule has 7 nitrogen and oxygen atoms in total. The first kappa shape index (κ1) is 18.9. The lowest BCUT2D eigenvalue weighted by molar-refractivity contribution is 0.0315. The topological polar surface area (TPSA) is 96.9 Å². The van der Waals surface area contributed by atoms with Crippen molar-refractivity contribution >= 4 is 17.2 Å². The molecule has 0 radical (unpaired) electrons. The molecule has 1 aromatic carbocycles. The van der Waals surface area contributed by atoms with Crippen molar-refractivity contribution in [3.8, 4) is 0 Å². The van der Waals surface area contributed by atoms with Crippen LogP contribution >= 0.6 is 0 Å². The number of aromatic amines is 1. The largest absolute Gasteiger partial charge is 0.333 e.